The first-order valence-corrected chi connectivity index (χ1v) is 7.28. The fourth-order valence-corrected chi connectivity index (χ4v) is 2.43. The number of rotatable bonds is 5. The maximum Gasteiger partial charge on any atom is 0.244 e. The molecule has 1 N–H and O–H groups in total. The van der Waals surface area contributed by atoms with Crippen molar-refractivity contribution in [3.8, 4) is 11.5 Å². The van der Waals surface area contributed by atoms with Crippen molar-refractivity contribution in [2.24, 2.45) is 0 Å². The first-order chi connectivity index (χ1) is 10.1. The molecule has 1 heterocycles. The van der Waals surface area contributed by atoms with Crippen molar-refractivity contribution in [3.63, 3.8) is 0 Å². The highest BCUT2D eigenvalue weighted by molar-refractivity contribution is 8.02. The molecule has 21 heavy (non-hydrogen) atoms. The maximum absolute atomic E-state index is 12.0. The van der Waals surface area contributed by atoms with E-state index in [1.807, 2.05) is 0 Å². The van der Waals surface area contributed by atoms with Crippen molar-refractivity contribution in [2.75, 3.05) is 31.8 Å². The van der Waals surface area contributed by atoms with Crippen LogP contribution in [0.4, 0.5) is 5.69 Å². The molecule has 0 spiro atoms. The first kappa shape index (κ1) is 15.2. The highest BCUT2D eigenvalue weighted by Gasteiger charge is 2.18. The quantitative estimate of drug-likeness (QED) is 0.896. The number of nitrogens with one attached hydrogen (secondary N) is 1. The van der Waals surface area contributed by atoms with Crippen LogP contribution >= 0.6 is 11.8 Å². The summed E-state index contributed by atoms with van der Waals surface area (Å²) in [7, 11) is 3.07. The van der Waals surface area contributed by atoms with E-state index in [1.165, 1.54) is 23.8 Å². The minimum absolute atomic E-state index is 0.0227. The Morgan fingerprint density at radius 2 is 2.19 bits per heavy atom. The third kappa shape index (κ3) is 3.91. The molecule has 1 aliphatic rings. The Labute approximate surface area is 127 Å². The van der Waals surface area contributed by atoms with Crippen LogP contribution in [0.3, 0.4) is 0 Å². The Bertz CT molecular complexity index is 574. The Balaban J connectivity index is 2.04. The molecule has 0 fully saturated rings. The van der Waals surface area contributed by atoms with Crippen LogP contribution in [0.5, 0.6) is 11.5 Å². The number of carbonyl (C=O) groups excluding carboxylic acids is 2. The van der Waals surface area contributed by atoms with E-state index in [2.05, 4.69) is 5.32 Å². The van der Waals surface area contributed by atoms with Crippen molar-refractivity contribution in [2.45, 2.75) is 0 Å². The summed E-state index contributed by atoms with van der Waals surface area (Å²) in [6.45, 7) is -0.0227. The molecule has 0 bridgehead atoms. The van der Waals surface area contributed by atoms with Gasteiger partial charge < -0.3 is 19.7 Å². The van der Waals surface area contributed by atoms with Gasteiger partial charge in [-0.15, -0.1) is 11.8 Å². The topological polar surface area (TPSA) is 67.9 Å². The largest absolute Gasteiger partial charge is 0.497 e. The van der Waals surface area contributed by atoms with Crippen molar-refractivity contribution >= 4 is 29.3 Å². The zero-order valence-electron chi connectivity index (χ0n) is 11.8. The Hall–Kier alpha value is -2.15. The lowest BCUT2D eigenvalue weighted by atomic mass is 10.2. The SMILES string of the molecule is COc1ccc(NC(=O)CN2C=CSCC2=O)c(OC)c1. The summed E-state index contributed by atoms with van der Waals surface area (Å²) in [4.78, 5) is 25.0. The molecule has 0 aliphatic carbocycles. The number of hydrogen-bond acceptors (Lipinski definition) is 5. The number of benzene rings is 1. The monoisotopic (exact) mass is 308 g/mol. The smallest absolute Gasteiger partial charge is 0.244 e. The second-order valence-electron chi connectivity index (χ2n) is 4.23. The predicted molar refractivity (Wildman–Crippen MR) is 81.5 cm³/mol. The number of nitrogens with zero attached hydrogens (tertiary/aromatic N) is 1. The minimum Gasteiger partial charge on any atom is -0.497 e. The molecule has 1 aliphatic heterocycles. The molecule has 1 aromatic rings. The maximum atomic E-state index is 12.0. The summed E-state index contributed by atoms with van der Waals surface area (Å²) >= 11 is 1.41. The Kier molecular flexibility index (Phi) is 5.10. The molecule has 0 atom stereocenters. The standard InChI is InChI=1S/C14H16N2O4S/c1-19-10-3-4-11(12(7-10)20-2)15-13(17)8-16-5-6-21-9-14(16)18/h3-7H,8-9H2,1-2H3,(H,15,17). The van der Waals surface area contributed by atoms with Gasteiger partial charge >= 0.3 is 0 Å². The van der Waals surface area contributed by atoms with Gasteiger partial charge in [-0.05, 0) is 17.5 Å². The molecule has 2 rings (SSSR count). The van der Waals surface area contributed by atoms with E-state index in [-0.39, 0.29) is 18.4 Å². The molecule has 0 saturated carbocycles. The second-order valence-corrected chi connectivity index (χ2v) is 5.13. The number of hydrogen-bond donors (Lipinski definition) is 1. The molecule has 112 valence electrons. The lowest BCUT2D eigenvalue weighted by molar-refractivity contribution is -0.129. The van der Waals surface area contributed by atoms with Crippen LogP contribution in [0, 0.1) is 0 Å². The van der Waals surface area contributed by atoms with E-state index >= 15 is 0 Å². The van der Waals surface area contributed by atoms with Crippen molar-refractivity contribution in [1.82, 2.24) is 4.90 Å². The molecule has 0 saturated heterocycles. The van der Waals surface area contributed by atoms with Crippen molar-refractivity contribution in [1.29, 1.82) is 0 Å². The van der Waals surface area contributed by atoms with Gasteiger partial charge in [-0.2, -0.15) is 0 Å². The van der Waals surface area contributed by atoms with Gasteiger partial charge in [0.25, 0.3) is 0 Å². The summed E-state index contributed by atoms with van der Waals surface area (Å²) in [6.07, 6.45) is 1.61. The highest BCUT2D eigenvalue weighted by atomic mass is 32.2. The van der Waals surface area contributed by atoms with Crippen LogP contribution in [-0.4, -0.2) is 43.2 Å². The Morgan fingerprint density at radius 3 is 2.86 bits per heavy atom. The van der Waals surface area contributed by atoms with Gasteiger partial charge in [-0.25, -0.2) is 0 Å². The number of amides is 2. The van der Waals surface area contributed by atoms with E-state index in [9.17, 15) is 9.59 Å². The molecule has 6 nitrogen and oxygen atoms in total. The van der Waals surface area contributed by atoms with Gasteiger partial charge in [0, 0.05) is 12.3 Å². The first-order valence-electron chi connectivity index (χ1n) is 6.23. The van der Waals surface area contributed by atoms with Gasteiger partial charge in [-0.1, -0.05) is 0 Å². The average molecular weight is 308 g/mol. The summed E-state index contributed by atoms with van der Waals surface area (Å²) in [6, 6.07) is 5.10. The normalized spacial score (nSPS) is 14.0. The van der Waals surface area contributed by atoms with Gasteiger partial charge in [-0.3, -0.25) is 9.59 Å². The van der Waals surface area contributed by atoms with E-state index in [1.54, 1.807) is 36.9 Å². The summed E-state index contributed by atoms with van der Waals surface area (Å²) < 4.78 is 10.3. The third-order valence-electron chi connectivity index (χ3n) is 2.86. The van der Waals surface area contributed by atoms with Crippen molar-refractivity contribution in [3.05, 3.63) is 29.8 Å². The minimum atomic E-state index is -0.289. The zero-order valence-corrected chi connectivity index (χ0v) is 12.6. The van der Waals surface area contributed by atoms with E-state index < -0.39 is 0 Å². The fraction of sp³-hybridized carbons (Fsp3) is 0.286. The molecule has 0 unspecified atom stereocenters. The zero-order chi connectivity index (χ0) is 15.2. The van der Waals surface area contributed by atoms with Crippen LogP contribution in [0.15, 0.2) is 29.8 Å². The Morgan fingerprint density at radius 1 is 1.38 bits per heavy atom. The van der Waals surface area contributed by atoms with E-state index in [0.29, 0.717) is 22.9 Å². The van der Waals surface area contributed by atoms with Crippen LogP contribution in [-0.2, 0) is 9.59 Å². The van der Waals surface area contributed by atoms with Crippen molar-refractivity contribution < 1.29 is 19.1 Å². The van der Waals surface area contributed by atoms with Crippen LogP contribution in [0.1, 0.15) is 0 Å². The fourth-order valence-electron chi connectivity index (χ4n) is 1.79. The molecular weight excluding hydrogens is 292 g/mol. The van der Waals surface area contributed by atoms with Crippen LogP contribution < -0.4 is 14.8 Å². The van der Waals surface area contributed by atoms with E-state index in [4.69, 9.17) is 9.47 Å². The van der Waals surface area contributed by atoms with Gasteiger partial charge in [0.05, 0.1) is 25.7 Å². The van der Waals surface area contributed by atoms with Gasteiger partial charge in [0.15, 0.2) is 0 Å². The number of thioether (sulfide) groups is 1. The molecule has 0 radical (unpaired) electrons. The summed E-state index contributed by atoms with van der Waals surface area (Å²) in [5.41, 5.74) is 0.533. The number of carbonyl (C=O) groups is 2. The van der Waals surface area contributed by atoms with Gasteiger partial charge in [0.1, 0.15) is 18.0 Å². The average Bonchev–Trinajstić information content (AvgIpc) is 2.50. The summed E-state index contributed by atoms with van der Waals surface area (Å²) in [5, 5.41) is 4.52. The highest BCUT2D eigenvalue weighted by Crippen LogP contribution is 2.29. The van der Waals surface area contributed by atoms with Crippen LogP contribution in [0.2, 0.25) is 0 Å². The molecule has 7 heteroatoms. The number of methoxy groups -OCH3 is 2. The molecule has 1 aromatic carbocycles. The van der Waals surface area contributed by atoms with Gasteiger partial charge in [0.2, 0.25) is 11.8 Å². The van der Waals surface area contributed by atoms with E-state index in [0.717, 1.165) is 0 Å². The molecule has 0 aromatic heterocycles. The molecule has 2 amide bonds. The number of ether oxygens (including phenoxy) is 2. The van der Waals surface area contributed by atoms with Crippen LogP contribution in [0.25, 0.3) is 0 Å². The lowest BCUT2D eigenvalue weighted by Crippen LogP contribution is -2.36. The molecular formula is C14H16N2O4S. The summed E-state index contributed by atoms with van der Waals surface area (Å²) in [5.74, 6) is 1.12. The number of anilines is 1. The lowest BCUT2D eigenvalue weighted by Gasteiger charge is -2.20. The third-order valence-corrected chi connectivity index (χ3v) is 3.59. The second kappa shape index (κ2) is 7.03. The predicted octanol–water partition coefficient (Wildman–Crippen LogP) is 1.69.